The van der Waals surface area contributed by atoms with Crippen LogP contribution >= 0.6 is 22.7 Å². The van der Waals surface area contributed by atoms with Crippen molar-refractivity contribution in [3.63, 3.8) is 0 Å². The van der Waals surface area contributed by atoms with Crippen molar-refractivity contribution < 1.29 is 13.6 Å². The van der Waals surface area contributed by atoms with Crippen molar-refractivity contribution in [2.45, 2.75) is 0 Å². The van der Waals surface area contributed by atoms with Gasteiger partial charge in [0.2, 0.25) is 7.51 Å². The molecule has 156 valence electrons. The van der Waals surface area contributed by atoms with Gasteiger partial charge in [-0.3, -0.25) is 11.0 Å². The highest BCUT2D eigenvalue weighted by Crippen LogP contribution is 2.71. The topological polar surface area (TPSA) is 143 Å². The minimum absolute atomic E-state index is 0.486. The van der Waals surface area contributed by atoms with Crippen LogP contribution in [0.1, 0.15) is 0 Å². The lowest BCUT2D eigenvalue weighted by atomic mass is 10.3. The van der Waals surface area contributed by atoms with Crippen LogP contribution in [0.3, 0.4) is 0 Å². The Kier molecular flexibility index (Phi) is 5.85. The standard InChI is InChI=1S/C18H21N6O3P3/c19-28(20)22-29(21,25-16-10-4-1-5-11-16)24-30(23-28,26-17-12-6-2-7-13-17)27-18-14-8-3-9-15-18/h1-15H,19-21H2. The number of para-hydroxylation sites is 3. The zero-order chi connectivity index (χ0) is 21.1. The number of nitrogens with zero attached hydrogens (tertiary/aromatic N) is 3. The molecule has 0 aromatic heterocycles. The Bertz CT molecular complexity index is 1140. The second kappa shape index (κ2) is 8.40. The van der Waals surface area contributed by atoms with Crippen LogP contribution < -0.4 is 30.1 Å². The summed E-state index contributed by atoms with van der Waals surface area (Å²) in [6, 6.07) is 27.0. The van der Waals surface area contributed by atoms with Crippen molar-refractivity contribution in [1.82, 2.24) is 0 Å². The molecule has 1 atom stereocenters. The molecule has 0 radical (unpaired) electrons. The Morgan fingerprint density at radius 3 is 1.33 bits per heavy atom. The fourth-order valence-electron chi connectivity index (χ4n) is 2.60. The maximum Gasteiger partial charge on any atom is 0.455 e. The first-order chi connectivity index (χ1) is 14.4. The van der Waals surface area contributed by atoms with Crippen LogP contribution in [0.15, 0.2) is 105 Å². The Labute approximate surface area is 174 Å². The van der Waals surface area contributed by atoms with E-state index < -0.39 is 22.7 Å². The molecule has 9 nitrogen and oxygen atoms in total. The summed E-state index contributed by atoms with van der Waals surface area (Å²) < 4.78 is 31.6. The summed E-state index contributed by atoms with van der Waals surface area (Å²) >= 11 is 0. The van der Waals surface area contributed by atoms with Crippen molar-refractivity contribution in [1.29, 1.82) is 0 Å². The number of rotatable bonds is 6. The largest absolute Gasteiger partial charge is 0.455 e. The van der Waals surface area contributed by atoms with E-state index in [4.69, 9.17) is 30.1 Å². The molecule has 0 aliphatic carbocycles. The lowest BCUT2D eigenvalue weighted by molar-refractivity contribution is 0.476. The Hall–Kier alpha value is -2.37. The van der Waals surface area contributed by atoms with E-state index in [1.807, 2.05) is 54.6 Å². The molecule has 12 heteroatoms. The molecule has 6 N–H and O–H groups in total. The molecule has 0 saturated heterocycles. The summed E-state index contributed by atoms with van der Waals surface area (Å²) in [7, 11) is -10.0. The average Bonchev–Trinajstić information content (AvgIpc) is 2.68. The van der Waals surface area contributed by atoms with Gasteiger partial charge < -0.3 is 13.6 Å². The number of benzene rings is 3. The predicted octanol–water partition coefficient (Wildman–Crippen LogP) is 5.95. The maximum absolute atomic E-state index is 6.48. The molecule has 1 aliphatic heterocycles. The number of hydrogen-bond donors (Lipinski definition) is 3. The van der Waals surface area contributed by atoms with Crippen LogP contribution in [0.25, 0.3) is 0 Å². The molecule has 0 saturated carbocycles. The van der Waals surface area contributed by atoms with Gasteiger partial charge >= 0.3 is 15.2 Å². The first kappa shape index (κ1) is 20.9. The van der Waals surface area contributed by atoms with Gasteiger partial charge in [-0.25, -0.2) is 5.50 Å². The summed E-state index contributed by atoms with van der Waals surface area (Å²) in [6.45, 7) is 0. The van der Waals surface area contributed by atoms with Crippen molar-refractivity contribution in [2.24, 2.45) is 30.1 Å². The third-order valence-electron chi connectivity index (χ3n) is 3.69. The van der Waals surface area contributed by atoms with Gasteiger partial charge in [-0.1, -0.05) is 54.6 Å². The van der Waals surface area contributed by atoms with Gasteiger partial charge in [-0.05, 0) is 36.4 Å². The fourth-order valence-corrected chi connectivity index (χ4v) is 10.5. The summed E-state index contributed by atoms with van der Waals surface area (Å²) in [6.07, 6.45) is 0. The minimum Gasteiger partial charge on any atom is -0.431 e. The molecular formula is C18H21N6O3P3. The number of hydrogen-bond acceptors (Lipinski definition) is 9. The SMILES string of the molecule is NP1(N)=NP(Oc2ccccc2)(Oc2ccccc2)=NP(N)(Oc2ccccc2)=N1. The molecular weight excluding hydrogens is 441 g/mol. The third kappa shape index (κ3) is 5.21. The first-order valence-corrected chi connectivity index (χ1v) is 13.9. The van der Waals surface area contributed by atoms with E-state index >= 15 is 0 Å². The summed E-state index contributed by atoms with van der Waals surface area (Å²) in [5.41, 5.74) is 18.9. The molecule has 0 spiro atoms. The average molecular weight is 462 g/mol. The smallest absolute Gasteiger partial charge is 0.431 e. The Morgan fingerprint density at radius 2 is 0.900 bits per heavy atom. The highest BCUT2D eigenvalue weighted by molar-refractivity contribution is 7.81. The molecule has 4 rings (SSSR count). The molecule has 0 fully saturated rings. The molecule has 1 aliphatic rings. The summed E-state index contributed by atoms with van der Waals surface area (Å²) in [4.78, 5) is 0. The highest BCUT2D eigenvalue weighted by Gasteiger charge is 2.38. The lowest BCUT2D eigenvalue weighted by Crippen LogP contribution is -2.13. The van der Waals surface area contributed by atoms with Crippen LogP contribution in [0, 0.1) is 0 Å². The highest BCUT2D eigenvalue weighted by atomic mass is 31.3. The van der Waals surface area contributed by atoms with Crippen LogP contribution in [0.5, 0.6) is 17.2 Å². The lowest BCUT2D eigenvalue weighted by Gasteiger charge is -2.29. The van der Waals surface area contributed by atoms with Gasteiger partial charge in [0.05, 0.1) is 0 Å². The third-order valence-corrected chi connectivity index (χ3v) is 11.2. The number of nitrogens with two attached hydrogens (primary N) is 3. The molecule has 1 unspecified atom stereocenters. The van der Waals surface area contributed by atoms with Crippen molar-refractivity contribution in [3.05, 3.63) is 91.0 Å². The van der Waals surface area contributed by atoms with Crippen molar-refractivity contribution >= 4 is 22.7 Å². The molecule has 1 heterocycles. The second-order valence-electron chi connectivity index (χ2n) is 6.26. The normalized spacial score (nSPS) is 21.3. The van der Waals surface area contributed by atoms with Crippen LogP contribution in [-0.2, 0) is 0 Å². The second-order valence-corrected chi connectivity index (χ2v) is 12.5. The molecule has 0 bridgehead atoms. The fraction of sp³-hybridized carbons (Fsp3) is 0. The van der Waals surface area contributed by atoms with Crippen LogP contribution in [0.2, 0.25) is 0 Å². The predicted molar refractivity (Wildman–Crippen MR) is 122 cm³/mol. The Balaban J connectivity index is 1.85. The summed E-state index contributed by atoms with van der Waals surface area (Å²) in [5.74, 6) is 1.46. The van der Waals surface area contributed by atoms with Gasteiger partial charge in [-0.2, -0.15) is 4.52 Å². The minimum atomic E-state index is -3.46. The van der Waals surface area contributed by atoms with E-state index in [2.05, 4.69) is 13.5 Å². The van der Waals surface area contributed by atoms with E-state index in [0.717, 1.165) is 0 Å². The van der Waals surface area contributed by atoms with Gasteiger partial charge in [-0.15, -0.1) is 9.03 Å². The van der Waals surface area contributed by atoms with Gasteiger partial charge in [0.25, 0.3) is 0 Å². The molecule has 3 aromatic carbocycles. The maximum atomic E-state index is 6.48. The summed E-state index contributed by atoms with van der Waals surface area (Å²) in [5, 5.41) is 0. The first-order valence-electron chi connectivity index (χ1n) is 8.87. The van der Waals surface area contributed by atoms with Gasteiger partial charge in [0.1, 0.15) is 17.2 Å². The van der Waals surface area contributed by atoms with Gasteiger partial charge in [0, 0.05) is 0 Å². The van der Waals surface area contributed by atoms with Crippen LogP contribution in [-0.4, -0.2) is 0 Å². The quantitative estimate of drug-likeness (QED) is 0.386. The van der Waals surface area contributed by atoms with E-state index in [9.17, 15) is 0 Å². The molecule has 30 heavy (non-hydrogen) atoms. The van der Waals surface area contributed by atoms with E-state index in [1.54, 1.807) is 36.4 Å². The Morgan fingerprint density at radius 1 is 0.500 bits per heavy atom. The van der Waals surface area contributed by atoms with Crippen molar-refractivity contribution in [3.8, 4) is 17.2 Å². The van der Waals surface area contributed by atoms with E-state index in [-0.39, 0.29) is 0 Å². The zero-order valence-electron chi connectivity index (χ0n) is 15.8. The van der Waals surface area contributed by atoms with Crippen molar-refractivity contribution in [2.75, 3.05) is 0 Å². The zero-order valence-corrected chi connectivity index (χ0v) is 18.5. The molecule has 3 aromatic rings. The molecule has 0 amide bonds. The van der Waals surface area contributed by atoms with E-state index in [0.29, 0.717) is 17.2 Å². The van der Waals surface area contributed by atoms with Crippen LogP contribution in [0.4, 0.5) is 0 Å². The van der Waals surface area contributed by atoms with E-state index in [1.165, 1.54) is 0 Å². The van der Waals surface area contributed by atoms with Gasteiger partial charge in [0.15, 0.2) is 0 Å². The monoisotopic (exact) mass is 462 g/mol.